The van der Waals surface area contributed by atoms with Gasteiger partial charge in [-0.15, -0.1) is 11.3 Å². The lowest BCUT2D eigenvalue weighted by molar-refractivity contribution is -0.120. The highest BCUT2D eigenvalue weighted by atomic mass is 32.1. The highest BCUT2D eigenvalue weighted by Gasteiger charge is 2.39. The molecule has 5 heterocycles. The topological polar surface area (TPSA) is 109 Å². The van der Waals surface area contributed by atoms with Gasteiger partial charge in [0, 0.05) is 50.8 Å². The second-order valence-electron chi connectivity index (χ2n) is 9.74. The van der Waals surface area contributed by atoms with E-state index in [4.69, 9.17) is 0 Å². The Balaban J connectivity index is 1.24. The van der Waals surface area contributed by atoms with Crippen LogP contribution in [-0.4, -0.2) is 74.5 Å². The minimum absolute atomic E-state index is 0.0222. The Morgan fingerprint density at radius 2 is 2.11 bits per heavy atom. The van der Waals surface area contributed by atoms with Crippen LogP contribution in [0.15, 0.2) is 48.3 Å². The van der Waals surface area contributed by atoms with E-state index in [1.54, 1.807) is 27.8 Å². The van der Waals surface area contributed by atoms with Crippen LogP contribution >= 0.6 is 18.7 Å². The van der Waals surface area contributed by atoms with Crippen LogP contribution in [0.2, 0.25) is 0 Å². The highest BCUT2D eigenvalue weighted by molar-refractivity contribution is 7.72. The Bertz CT molecular complexity index is 1370. The fourth-order valence-corrected chi connectivity index (χ4v) is 8.26. The third-order valence-electron chi connectivity index (χ3n) is 6.81. The number of hydrogen-bond donors (Lipinski definition) is 3. The van der Waals surface area contributed by atoms with Gasteiger partial charge in [-0.1, -0.05) is 0 Å². The molecule has 0 spiro atoms. The van der Waals surface area contributed by atoms with E-state index < -0.39 is 7.41 Å². The van der Waals surface area contributed by atoms with E-state index in [1.165, 1.54) is 23.9 Å². The summed E-state index contributed by atoms with van der Waals surface area (Å²) in [5.74, 6) is -0.262. The van der Waals surface area contributed by atoms with Crippen molar-refractivity contribution in [2.24, 2.45) is 7.05 Å². The Morgan fingerprint density at radius 3 is 2.83 bits per heavy atom. The SMILES string of the molecule is CC1NC=C(NC(=O)CCN2CCC[P+]2(C)C)C=C1NC(=O)c1cnn2cc(-c3ccnn3C)sc12. The summed E-state index contributed by atoms with van der Waals surface area (Å²) in [6.07, 6.45) is 11.8. The molecule has 0 bridgehead atoms. The van der Waals surface area contributed by atoms with Crippen LogP contribution in [0.4, 0.5) is 0 Å². The van der Waals surface area contributed by atoms with Crippen molar-refractivity contribution in [1.82, 2.24) is 40.0 Å². The molecule has 1 saturated heterocycles. The zero-order valence-electron chi connectivity index (χ0n) is 21.0. The first-order chi connectivity index (χ1) is 17.2. The summed E-state index contributed by atoms with van der Waals surface area (Å²) in [5.41, 5.74) is 2.79. The van der Waals surface area contributed by atoms with E-state index >= 15 is 0 Å². The summed E-state index contributed by atoms with van der Waals surface area (Å²) in [6, 6.07) is 1.82. The van der Waals surface area contributed by atoms with Gasteiger partial charge in [0.25, 0.3) is 5.91 Å². The molecular weight excluding hydrogens is 495 g/mol. The van der Waals surface area contributed by atoms with Gasteiger partial charge in [-0.3, -0.25) is 14.3 Å². The number of carbonyl (C=O) groups excluding carboxylic acids is 2. The molecule has 5 rings (SSSR count). The lowest BCUT2D eigenvalue weighted by Gasteiger charge is -2.24. The number of amides is 2. The molecule has 1 atom stereocenters. The second-order valence-corrected chi connectivity index (χ2v) is 15.0. The maximum absolute atomic E-state index is 13.2. The molecule has 0 radical (unpaired) electrons. The van der Waals surface area contributed by atoms with E-state index in [0.29, 0.717) is 23.4 Å². The van der Waals surface area contributed by atoms with Crippen molar-refractivity contribution in [3.05, 3.63) is 53.9 Å². The van der Waals surface area contributed by atoms with Crippen LogP contribution in [0, 0.1) is 0 Å². The number of nitrogens with one attached hydrogen (secondary N) is 3. The van der Waals surface area contributed by atoms with Gasteiger partial charge < -0.3 is 16.0 Å². The van der Waals surface area contributed by atoms with Gasteiger partial charge >= 0.3 is 0 Å². The van der Waals surface area contributed by atoms with Crippen LogP contribution < -0.4 is 16.0 Å². The molecule has 0 saturated carbocycles. The van der Waals surface area contributed by atoms with Gasteiger partial charge in [-0.2, -0.15) is 14.9 Å². The van der Waals surface area contributed by atoms with E-state index in [9.17, 15) is 9.59 Å². The molecule has 3 aromatic rings. The maximum atomic E-state index is 13.2. The molecule has 12 heteroatoms. The summed E-state index contributed by atoms with van der Waals surface area (Å²) >= 11 is 1.49. The van der Waals surface area contributed by atoms with Crippen molar-refractivity contribution in [3.63, 3.8) is 0 Å². The van der Waals surface area contributed by atoms with Crippen molar-refractivity contribution in [2.45, 2.75) is 25.8 Å². The summed E-state index contributed by atoms with van der Waals surface area (Å²) in [7, 11) is 0.846. The molecule has 10 nitrogen and oxygen atoms in total. The zero-order chi connectivity index (χ0) is 25.4. The quantitative estimate of drug-likeness (QED) is 0.408. The first-order valence-electron chi connectivity index (χ1n) is 12.0. The molecule has 36 heavy (non-hydrogen) atoms. The second kappa shape index (κ2) is 9.80. The lowest BCUT2D eigenvalue weighted by Crippen LogP contribution is -2.39. The number of thiazole rings is 1. The van der Waals surface area contributed by atoms with Crippen molar-refractivity contribution in [2.75, 3.05) is 32.6 Å². The van der Waals surface area contributed by atoms with Gasteiger partial charge in [0.1, 0.15) is 4.83 Å². The number of carbonyl (C=O) groups is 2. The standard InChI is InChI=1S/C24H31N8O2PS/c1-16-19(12-17(13-25-16)28-22(33)7-10-31-9-5-11-35(31,3)4)29-23(34)18-14-27-32-15-21(36-24(18)32)20-6-8-26-30(20)2/h6,8,12-16,25H,5,7,9-11H2,1-4H3,(H-,28,29,33,34)/p+1. The molecule has 3 aromatic heterocycles. The third-order valence-corrected chi connectivity index (χ3v) is 11.3. The summed E-state index contributed by atoms with van der Waals surface area (Å²) in [5, 5.41) is 17.8. The van der Waals surface area contributed by atoms with E-state index in [0.717, 1.165) is 28.5 Å². The van der Waals surface area contributed by atoms with Crippen molar-refractivity contribution in [1.29, 1.82) is 0 Å². The number of fused-ring (bicyclic) bond motifs is 1. The van der Waals surface area contributed by atoms with Gasteiger partial charge in [-0.05, 0) is 25.5 Å². The average Bonchev–Trinajstić information content (AvgIpc) is 3.58. The summed E-state index contributed by atoms with van der Waals surface area (Å²) in [6.45, 7) is 8.52. The zero-order valence-corrected chi connectivity index (χ0v) is 22.7. The number of aryl methyl sites for hydroxylation is 1. The number of allylic oxidation sites excluding steroid dienone is 1. The molecule has 3 N–H and O–H groups in total. The number of aromatic nitrogens is 4. The van der Waals surface area contributed by atoms with Crippen LogP contribution in [0.1, 0.15) is 30.1 Å². The fourth-order valence-electron chi connectivity index (χ4n) is 4.62. The lowest BCUT2D eigenvalue weighted by atomic mass is 10.1. The minimum Gasteiger partial charge on any atom is -0.381 e. The van der Waals surface area contributed by atoms with Gasteiger partial charge in [0.2, 0.25) is 5.91 Å². The molecule has 0 aromatic carbocycles. The maximum Gasteiger partial charge on any atom is 0.260 e. The molecule has 2 aliphatic heterocycles. The van der Waals surface area contributed by atoms with E-state index in [1.807, 2.05) is 32.3 Å². The predicted octanol–water partition coefficient (Wildman–Crippen LogP) is 2.65. The molecule has 1 unspecified atom stereocenters. The Morgan fingerprint density at radius 1 is 1.28 bits per heavy atom. The Labute approximate surface area is 214 Å². The third kappa shape index (κ3) is 4.96. The molecule has 190 valence electrons. The average molecular weight is 528 g/mol. The molecule has 2 aliphatic rings. The Kier molecular flexibility index (Phi) is 6.72. The largest absolute Gasteiger partial charge is 0.381 e. The van der Waals surface area contributed by atoms with Gasteiger partial charge in [-0.25, -0.2) is 4.52 Å². The van der Waals surface area contributed by atoms with Gasteiger partial charge in [0.05, 0.1) is 61.0 Å². The normalized spacial score (nSPS) is 19.6. The number of nitrogens with zero attached hydrogens (tertiary/aromatic N) is 5. The van der Waals surface area contributed by atoms with E-state index in [2.05, 4.69) is 44.1 Å². The highest BCUT2D eigenvalue weighted by Crippen LogP contribution is 2.59. The fraction of sp³-hybridized carbons (Fsp3) is 0.417. The van der Waals surface area contributed by atoms with Crippen LogP contribution in [0.3, 0.4) is 0 Å². The monoisotopic (exact) mass is 527 g/mol. The van der Waals surface area contributed by atoms with Crippen molar-refractivity contribution < 1.29 is 9.59 Å². The summed E-state index contributed by atoms with van der Waals surface area (Å²) in [4.78, 5) is 27.5. The molecule has 1 fully saturated rings. The van der Waals surface area contributed by atoms with Crippen LogP contribution in [0.5, 0.6) is 0 Å². The molecule has 2 amide bonds. The predicted molar refractivity (Wildman–Crippen MR) is 144 cm³/mol. The summed E-state index contributed by atoms with van der Waals surface area (Å²) < 4.78 is 6.00. The number of rotatable bonds is 7. The molecular formula is C24H32N8O2PS+. The minimum atomic E-state index is -1.04. The smallest absolute Gasteiger partial charge is 0.260 e. The first-order valence-corrected chi connectivity index (χ1v) is 15.7. The van der Waals surface area contributed by atoms with Gasteiger partial charge in [0.15, 0.2) is 0 Å². The van der Waals surface area contributed by atoms with Crippen molar-refractivity contribution >= 4 is 35.4 Å². The van der Waals surface area contributed by atoms with E-state index in [-0.39, 0.29) is 17.9 Å². The number of hydrogen-bond acceptors (Lipinski definition) is 7. The van der Waals surface area contributed by atoms with Crippen molar-refractivity contribution in [3.8, 4) is 10.6 Å². The molecule has 0 aliphatic carbocycles. The Hall–Kier alpha value is -3.01. The first kappa shape index (κ1) is 24.7. The van der Waals surface area contributed by atoms with Crippen LogP contribution in [-0.2, 0) is 11.8 Å². The number of dihydropyridines is 1. The van der Waals surface area contributed by atoms with Crippen LogP contribution in [0.25, 0.3) is 15.4 Å².